The second-order valence-corrected chi connectivity index (χ2v) is 4.90. The van der Waals surface area contributed by atoms with E-state index in [4.69, 9.17) is 5.73 Å². The Morgan fingerprint density at radius 3 is 2.53 bits per heavy atom. The average Bonchev–Trinajstić information content (AvgIpc) is 2.74. The minimum atomic E-state index is 0.464. The first-order valence-corrected chi connectivity index (χ1v) is 6.36. The topological polar surface area (TPSA) is 56.7 Å². The maximum Gasteiger partial charge on any atom is 0.207 e. The van der Waals surface area contributed by atoms with Gasteiger partial charge in [-0.2, -0.15) is 0 Å². The van der Waals surface area contributed by atoms with Gasteiger partial charge in [0, 0.05) is 6.20 Å². The molecule has 0 saturated carbocycles. The maximum atomic E-state index is 6.00. The van der Waals surface area contributed by atoms with Crippen molar-refractivity contribution in [2.24, 2.45) is 0 Å². The Morgan fingerprint density at radius 2 is 1.84 bits per heavy atom. The van der Waals surface area contributed by atoms with Gasteiger partial charge in [-0.25, -0.2) is 9.97 Å². The lowest BCUT2D eigenvalue weighted by Gasteiger charge is -2.09. The second kappa shape index (κ2) is 4.39. The van der Waals surface area contributed by atoms with Gasteiger partial charge < -0.3 is 5.73 Å². The minimum Gasteiger partial charge on any atom is -0.369 e. The molecule has 0 unspecified atom stereocenters. The molecule has 4 heteroatoms. The monoisotopic (exact) mass is 252 g/mol. The van der Waals surface area contributed by atoms with Gasteiger partial charge in [0.15, 0.2) is 5.65 Å². The van der Waals surface area contributed by atoms with Crippen molar-refractivity contribution in [2.75, 3.05) is 5.73 Å². The summed E-state index contributed by atoms with van der Waals surface area (Å²) >= 11 is 0. The number of fused-ring (bicyclic) bond motifs is 1. The lowest BCUT2D eigenvalue weighted by molar-refractivity contribution is 0.865. The molecule has 2 N–H and O–H groups in total. The largest absolute Gasteiger partial charge is 0.369 e. The Balaban J connectivity index is 2.16. The van der Waals surface area contributed by atoms with E-state index in [0.717, 1.165) is 16.9 Å². The van der Waals surface area contributed by atoms with Crippen LogP contribution in [-0.4, -0.2) is 14.5 Å². The molecule has 0 aliphatic heterocycles. The van der Waals surface area contributed by atoms with Crippen LogP contribution >= 0.6 is 0 Å². The SMILES string of the molecule is CC(C)c1ccc(-n2c(N)nc3cccnc32)cc1. The zero-order chi connectivity index (χ0) is 13.4. The van der Waals surface area contributed by atoms with Crippen LogP contribution in [0, 0.1) is 0 Å². The van der Waals surface area contributed by atoms with Crippen LogP contribution in [-0.2, 0) is 0 Å². The molecule has 0 spiro atoms. The predicted octanol–water partition coefficient (Wildman–Crippen LogP) is 3.13. The molecule has 1 aromatic carbocycles. The van der Waals surface area contributed by atoms with Crippen LogP contribution in [0.3, 0.4) is 0 Å². The van der Waals surface area contributed by atoms with Gasteiger partial charge in [0.25, 0.3) is 0 Å². The number of nitrogens with two attached hydrogens (primary N) is 1. The molecule has 0 saturated heterocycles. The van der Waals surface area contributed by atoms with Crippen LogP contribution in [0.2, 0.25) is 0 Å². The van der Waals surface area contributed by atoms with E-state index in [-0.39, 0.29) is 0 Å². The van der Waals surface area contributed by atoms with Crippen LogP contribution < -0.4 is 5.73 Å². The molecule has 4 nitrogen and oxygen atoms in total. The van der Waals surface area contributed by atoms with E-state index in [0.29, 0.717) is 11.9 Å². The van der Waals surface area contributed by atoms with Crippen LogP contribution in [0.5, 0.6) is 0 Å². The van der Waals surface area contributed by atoms with Crippen molar-refractivity contribution in [3.05, 3.63) is 48.2 Å². The third-order valence-electron chi connectivity index (χ3n) is 3.26. The van der Waals surface area contributed by atoms with E-state index in [1.54, 1.807) is 6.20 Å². The highest BCUT2D eigenvalue weighted by atomic mass is 15.2. The molecule has 0 atom stereocenters. The third-order valence-corrected chi connectivity index (χ3v) is 3.26. The van der Waals surface area contributed by atoms with Crippen molar-refractivity contribution >= 4 is 17.1 Å². The molecule has 3 rings (SSSR count). The Morgan fingerprint density at radius 1 is 1.11 bits per heavy atom. The number of benzene rings is 1. The first kappa shape index (κ1) is 11.7. The second-order valence-electron chi connectivity index (χ2n) is 4.90. The fraction of sp³-hybridized carbons (Fsp3) is 0.200. The summed E-state index contributed by atoms with van der Waals surface area (Å²) in [6, 6.07) is 12.1. The number of hydrogen-bond acceptors (Lipinski definition) is 3. The quantitative estimate of drug-likeness (QED) is 0.762. The number of hydrogen-bond donors (Lipinski definition) is 1. The smallest absolute Gasteiger partial charge is 0.207 e. The van der Waals surface area contributed by atoms with E-state index in [9.17, 15) is 0 Å². The van der Waals surface area contributed by atoms with Gasteiger partial charge in [-0.05, 0) is 35.7 Å². The molecule has 19 heavy (non-hydrogen) atoms. The van der Waals surface area contributed by atoms with E-state index in [2.05, 4.69) is 48.1 Å². The first-order chi connectivity index (χ1) is 9.16. The summed E-state index contributed by atoms with van der Waals surface area (Å²) in [6.45, 7) is 4.36. The average molecular weight is 252 g/mol. The molecule has 0 aliphatic rings. The molecule has 2 heterocycles. The summed E-state index contributed by atoms with van der Waals surface area (Å²) in [4.78, 5) is 8.68. The van der Waals surface area contributed by atoms with Crippen LogP contribution in [0.1, 0.15) is 25.3 Å². The highest BCUT2D eigenvalue weighted by molar-refractivity contribution is 5.76. The molecular weight excluding hydrogens is 236 g/mol. The molecular formula is C15H16N4. The zero-order valence-corrected chi connectivity index (χ0v) is 11.0. The summed E-state index contributed by atoms with van der Waals surface area (Å²) in [5.41, 5.74) is 9.89. The molecule has 0 amide bonds. The van der Waals surface area contributed by atoms with Crippen molar-refractivity contribution in [3.8, 4) is 5.69 Å². The minimum absolute atomic E-state index is 0.464. The van der Waals surface area contributed by atoms with Gasteiger partial charge in [0.1, 0.15) is 5.52 Å². The first-order valence-electron chi connectivity index (χ1n) is 6.36. The summed E-state index contributed by atoms with van der Waals surface area (Å²) in [6.07, 6.45) is 1.75. The van der Waals surface area contributed by atoms with Gasteiger partial charge in [-0.1, -0.05) is 26.0 Å². The summed E-state index contributed by atoms with van der Waals surface area (Å²) in [5.74, 6) is 0.982. The van der Waals surface area contributed by atoms with Crippen LogP contribution in [0.4, 0.5) is 5.95 Å². The standard InChI is InChI=1S/C15H16N4/c1-10(2)11-5-7-12(8-6-11)19-14-13(18-15(19)16)4-3-9-17-14/h3-10H,1-2H3,(H2,16,18). The molecule has 3 aromatic rings. The third kappa shape index (κ3) is 1.95. The Hall–Kier alpha value is -2.36. The van der Waals surface area contributed by atoms with Crippen molar-refractivity contribution in [3.63, 3.8) is 0 Å². The summed E-state index contributed by atoms with van der Waals surface area (Å²) in [7, 11) is 0. The van der Waals surface area contributed by atoms with E-state index in [1.165, 1.54) is 5.56 Å². The fourth-order valence-corrected chi connectivity index (χ4v) is 2.19. The Kier molecular flexibility index (Phi) is 2.71. The Labute approximate surface area is 111 Å². The maximum absolute atomic E-state index is 6.00. The van der Waals surface area contributed by atoms with Crippen LogP contribution in [0.15, 0.2) is 42.6 Å². The number of rotatable bonds is 2. The van der Waals surface area contributed by atoms with E-state index >= 15 is 0 Å². The Bertz CT molecular complexity index is 711. The molecule has 96 valence electrons. The number of pyridine rings is 1. The lowest BCUT2D eigenvalue weighted by atomic mass is 10.0. The normalized spacial score (nSPS) is 11.3. The van der Waals surface area contributed by atoms with Crippen molar-refractivity contribution < 1.29 is 0 Å². The van der Waals surface area contributed by atoms with E-state index in [1.807, 2.05) is 16.7 Å². The van der Waals surface area contributed by atoms with Gasteiger partial charge in [-0.3, -0.25) is 4.57 Å². The number of nitrogen functional groups attached to an aromatic ring is 1. The van der Waals surface area contributed by atoms with Gasteiger partial charge in [0.05, 0.1) is 5.69 Å². The molecule has 2 aromatic heterocycles. The fourth-order valence-electron chi connectivity index (χ4n) is 2.19. The lowest BCUT2D eigenvalue weighted by Crippen LogP contribution is -2.01. The van der Waals surface area contributed by atoms with Gasteiger partial charge in [0.2, 0.25) is 5.95 Å². The number of imidazole rings is 1. The molecule has 0 bridgehead atoms. The summed E-state index contributed by atoms with van der Waals surface area (Å²) in [5, 5.41) is 0. The van der Waals surface area contributed by atoms with Crippen molar-refractivity contribution in [1.29, 1.82) is 0 Å². The van der Waals surface area contributed by atoms with Gasteiger partial charge in [-0.15, -0.1) is 0 Å². The number of nitrogens with zero attached hydrogens (tertiary/aromatic N) is 3. The number of aromatic nitrogens is 3. The number of anilines is 1. The molecule has 0 fully saturated rings. The zero-order valence-electron chi connectivity index (χ0n) is 11.0. The molecule has 0 aliphatic carbocycles. The highest BCUT2D eigenvalue weighted by Crippen LogP contribution is 2.23. The van der Waals surface area contributed by atoms with Crippen molar-refractivity contribution in [1.82, 2.24) is 14.5 Å². The van der Waals surface area contributed by atoms with Gasteiger partial charge >= 0.3 is 0 Å². The van der Waals surface area contributed by atoms with Crippen LogP contribution in [0.25, 0.3) is 16.9 Å². The summed E-state index contributed by atoms with van der Waals surface area (Å²) < 4.78 is 1.87. The predicted molar refractivity (Wildman–Crippen MR) is 77.4 cm³/mol. The van der Waals surface area contributed by atoms with E-state index < -0.39 is 0 Å². The highest BCUT2D eigenvalue weighted by Gasteiger charge is 2.10. The van der Waals surface area contributed by atoms with Crippen molar-refractivity contribution in [2.45, 2.75) is 19.8 Å². The molecule has 0 radical (unpaired) electrons.